The second-order valence-electron chi connectivity index (χ2n) is 5.23. The van der Waals surface area contributed by atoms with E-state index < -0.39 is 17.9 Å². The van der Waals surface area contributed by atoms with Gasteiger partial charge in [0.25, 0.3) is 0 Å². The van der Waals surface area contributed by atoms with E-state index in [0.717, 1.165) is 6.07 Å². The summed E-state index contributed by atoms with van der Waals surface area (Å²) in [5.74, 6) is -0.596. The number of alkyl halides is 3. The molecule has 0 N–H and O–H groups in total. The zero-order chi connectivity index (χ0) is 18.0. The summed E-state index contributed by atoms with van der Waals surface area (Å²) < 4.78 is 56.1. The molecule has 0 spiro atoms. The van der Waals surface area contributed by atoms with E-state index in [0.29, 0.717) is 17.1 Å². The van der Waals surface area contributed by atoms with Gasteiger partial charge in [-0.2, -0.15) is 0 Å². The van der Waals surface area contributed by atoms with Gasteiger partial charge in [-0.15, -0.1) is 13.2 Å². The van der Waals surface area contributed by atoms with E-state index in [2.05, 4.69) is 14.7 Å². The van der Waals surface area contributed by atoms with Crippen LogP contribution in [0, 0.1) is 12.7 Å². The van der Waals surface area contributed by atoms with Gasteiger partial charge in [0.2, 0.25) is 0 Å². The minimum atomic E-state index is -4.87. The van der Waals surface area contributed by atoms with Crippen molar-refractivity contribution in [3.63, 3.8) is 0 Å². The van der Waals surface area contributed by atoms with Gasteiger partial charge < -0.3 is 4.74 Å². The van der Waals surface area contributed by atoms with Crippen LogP contribution in [0.25, 0.3) is 22.4 Å². The third kappa shape index (κ3) is 3.93. The maximum Gasteiger partial charge on any atom is 0.573 e. The molecule has 0 atom stereocenters. The van der Waals surface area contributed by atoms with Gasteiger partial charge in [0.1, 0.15) is 17.4 Å². The first kappa shape index (κ1) is 16.9. The highest BCUT2D eigenvalue weighted by atomic mass is 19.4. The Hall–Kier alpha value is -2.96. The van der Waals surface area contributed by atoms with Crippen LogP contribution in [-0.2, 0) is 0 Å². The molecule has 0 aliphatic carbocycles. The Morgan fingerprint density at radius 2 is 1.72 bits per heavy atom. The Morgan fingerprint density at radius 3 is 2.44 bits per heavy atom. The summed E-state index contributed by atoms with van der Waals surface area (Å²) in [6.45, 7) is 1.71. The summed E-state index contributed by atoms with van der Waals surface area (Å²) in [6.07, 6.45) is -3.31. The molecule has 3 rings (SSSR count). The fourth-order valence-corrected chi connectivity index (χ4v) is 2.41. The quantitative estimate of drug-likeness (QED) is 0.614. The normalized spacial score (nSPS) is 11.4. The van der Waals surface area contributed by atoms with Gasteiger partial charge in [0.05, 0.1) is 5.69 Å². The molecule has 3 aromatic rings. The molecule has 0 amide bonds. The fourth-order valence-electron chi connectivity index (χ4n) is 2.41. The molecule has 1 aromatic heterocycles. The van der Waals surface area contributed by atoms with Gasteiger partial charge >= 0.3 is 6.36 Å². The van der Waals surface area contributed by atoms with Crippen molar-refractivity contribution in [3.8, 4) is 28.1 Å². The monoisotopic (exact) mass is 348 g/mol. The first-order chi connectivity index (χ1) is 11.8. The average molecular weight is 348 g/mol. The van der Waals surface area contributed by atoms with Crippen LogP contribution in [0.5, 0.6) is 5.75 Å². The lowest BCUT2D eigenvalue weighted by atomic mass is 10.00. The lowest BCUT2D eigenvalue weighted by molar-refractivity contribution is -0.274. The number of rotatable bonds is 3. The summed E-state index contributed by atoms with van der Waals surface area (Å²) in [6, 6.07) is 11.2. The molecule has 0 saturated heterocycles. The number of aryl methyl sites for hydroxylation is 1. The summed E-state index contributed by atoms with van der Waals surface area (Å²) in [7, 11) is 0. The Morgan fingerprint density at radius 1 is 0.960 bits per heavy atom. The van der Waals surface area contributed by atoms with E-state index in [4.69, 9.17) is 0 Å². The Labute approximate surface area is 140 Å². The molecule has 0 aliphatic heterocycles. The van der Waals surface area contributed by atoms with Crippen LogP contribution in [0.3, 0.4) is 0 Å². The van der Waals surface area contributed by atoms with Crippen LogP contribution < -0.4 is 4.74 Å². The number of benzene rings is 2. The topological polar surface area (TPSA) is 35.0 Å². The van der Waals surface area contributed by atoms with Gasteiger partial charge in [-0.1, -0.05) is 18.2 Å². The third-order valence-electron chi connectivity index (χ3n) is 3.44. The molecule has 2 aromatic carbocycles. The molecular formula is C18H12F4N2O. The number of aromatic nitrogens is 2. The molecule has 128 valence electrons. The lowest BCUT2D eigenvalue weighted by Gasteiger charge is -2.14. The van der Waals surface area contributed by atoms with Crippen LogP contribution in [0.1, 0.15) is 5.82 Å². The molecule has 0 fully saturated rings. The molecule has 7 heteroatoms. The predicted molar refractivity (Wildman–Crippen MR) is 84.3 cm³/mol. The number of para-hydroxylation sites is 1. The molecule has 25 heavy (non-hydrogen) atoms. The van der Waals surface area contributed by atoms with Gasteiger partial charge in [0.15, 0.2) is 0 Å². The molecule has 0 aliphatic rings. The number of halogens is 4. The third-order valence-corrected chi connectivity index (χ3v) is 3.44. The van der Waals surface area contributed by atoms with Gasteiger partial charge in [-0.05, 0) is 37.3 Å². The van der Waals surface area contributed by atoms with Gasteiger partial charge in [-0.25, -0.2) is 14.4 Å². The molecule has 0 bridgehead atoms. The second kappa shape index (κ2) is 6.51. The number of ether oxygens (including phenoxy) is 1. The van der Waals surface area contributed by atoms with Crippen LogP contribution in [0.4, 0.5) is 17.6 Å². The van der Waals surface area contributed by atoms with Crippen LogP contribution in [0.2, 0.25) is 0 Å². The molecule has 3 nitrogen and oxygen atoms in total. The van der Waals surface area contributed by atoms with Crippen molar-refractivity contribution < 1.29 is 22.3 Å². The summed E-state index contributed by atoms with van der Waals surface area (Å²) in [5.41, 5.74) is 1.10. The zero-order valence-corrected chi connectivity index (χ0v) is 13.0. The molecule has 0 radical (unpaired) electrons. The van der Waals surface area contributed by atoms with Crippen molar-refractivity contribution in [3.05, 3.63) is 66.4 Å². The smallest absolute Gasteiger partial charge is 0.405 e. The van der Waals surface area contributed by atoms with Crippen LogP contribution in [-0.4, -0.2) is 16.3 Å². The SMILES string of the molecule is Cc1nccc(-c2ccc(F)c(-c3ccccc3OC(F)(F)F)c2)n1. The van der Waals surface area contributed by atoms with Gasteiger partial charge in [0, 0.05) is 22.9 Å². The van der Waals surface area contributed by atoms with Crippen LogP contribution in [0.15, 0.2) is 54.7 Å². The van der Waals surface area contributed by atoms with Crippen molar-refractivity contribution in [2.75, 3.05) is 0 Å². The maximum absolute atomic E-state index is 14.3. The van der Waals surface area contributed by atoms with Crippen LogP contribution >= 0.6 is 0 Å². The lowest BCUT2D eigenvalue weighted by Crippen LogP contribution is -2.17. The zero-order valence-electron chi connectivity index (χ0n) is 13.0. The van der Waals surface area contributed by atoms with Crippen molar-refractivity contribution in [2.45, 2.75) is 13.3 Å². The van der Waals surface area contributed by atoms with Gasteiger partial charge in [-0.3, -0.25) is 0 Å². The summed E-state index contributed by atoms with van der Waals surface area (Å²) >= 11 is 0. The Kier molecular flexibility index (Phi) is 4.39. The highest BCUT2D eigenvalue weighted by Gasteiger charge is 2.32. The molecule has 1 heterocycles. The van der Waals surface area contributed by atoms with Crippen molar-refractivity contribution in [1.29, 1.82) is 0 Å². The number of hydrogen-bond donors (Lipinski definition) is 0. The maximum atomic E-state index is 14.3. The second-order valence-corrected chi connectivity index (χ2v) is 5.23. The number of nitrogens with zero attached hydrogens (tertiary/aromatic N) is 2. The van der Waals surface area contributed by atoms with E-state index in [-0.39, 0.29) is 11.1 Å². The fraction of sp³-hybridized carbons (Fsp3) is 0.111. The molecule has 0 unspecified atom stereocenters. The van der Waals surface area contributed by atoms with E-state index in [1.165, 1.54) is 36.4 Å². The Bertz CT molecular complexity index is 910. The van der Waals surface area contributed by atoms with E-state index in [1.54, 1.807) is 19.2 Å². The van der Waals surface area contributed by atoms with Crippen molar-refractivity contribution >= 4 is 0 Å². The average Bonchev–Trinajstić information content (AvgIpc) is 2.55. The van der Waals surface area contributed by atoms with E-state index >= 15 is 0 Å². The highest BCUT2D eigenvalue weighted by molar-refractivity contribution is 5.75. The minimum absolute atomic E-state index is 0.00459. The summed E-state index contributed by atoms with van der Waals surface area (Å²) in [4.78, 5) is 8.23. The summed E-state index contributed by atoms with van der Waals surface area (Å²) in [5, 5.41) is 0. The minimum Gasteiger partial charge on any atom is -0.405 e. The standard InChI is InChI=1S/C18H12F4N2O/c1-11-23-9-8-16(24-11)12-6-7-15(19)14(10-12)13-4-2-3-5-17(13)25-18(20,21)22/h2-10H,1H3. The van der Waals surface area contributed by atoms with E-state index in [9.17, 15) is 17.6 Å². The van der Waals surface area contributed by atoms with E-state index in [1.807, 2.05) is 0 Å². The first-order valence-electron chi connectivity index (χ1n) is 7.28. The van der Waals surface area contributed by atoms with Crippen molar-refractivity contribution in [1.82, 2.24) is 9.97 Å². The molecular weight excluding hydrogens is 336 g/mol. The first-order valence-corrected chi connectivity index (χ1v) is 7.28. The Balaban J connectivity index is 2.11. The molecule has 0 saturated carbocycles. The number of hydrogen-bond acceptors (Lipinski definition) is 3. The predicted octanol–water partition coefficient (Wildman–Crippen LogP) is 5.16. The van der Waals surface area contributed by atoms with Crippen molar-refractivity contribution in [2.24, 2.45) is 0 Å². The highest BCUT2D eigenvalue weighted by Crippen LogP contribution is 2.36. The largest absolute Gasteiger partial charge is 0.573 e.